The van der Waals surface area contributed by atoms with Gasteiger partial charge in [-0.2, -0.15) is 0 Å². The highest BCUT2D eigenvalue weighted by molar-refractivity contribution is 7.89. The van der Waals surface area contributed by atoms with Crippen LogP contribution in [-0.2, 0) is 14.8 Å². The molecule has 0 unspecified atom stereocenters. The molecule has 1 aliphatic rings. The van der Waals surface area contributed by atoms with E-state index in [1.54, 1.807) is 35.2 Å². The van der Waals surface area contributed by atoms with E-state index in [1.807, 2.05) is 0 Å². The second-order valence-corrected chi connectivity index (χ2v) is 5.93. The summed E-state index contributed by atoms with van der Waals surface area (Å²) in [6.45, 7) is 1.77. The van der Waals surface area contributed by atoms with Crippen molar-refractivity contribution in [3.05, 3.63) is 30.3 Å². The Kier molecular flexibility index (Phi) is 4.39. The van der Waals surface area contributed by atoms with Crippen LogP contribution < -0.4 is 4.72 Å². The van der Waals surface area contributed by atoms with E-state index in [0.717, 1.165) is 0 Å². The van der Waals surface area contributed by atoms with E-state index in [9.17, 15) is 13.2 Å². The zero-order valence-corrected chi connectivity index (χ0v) is 11.2. The molecule has 1 aromatic rings. The number of ether oxygens (including phenoxy) is 1. The number of nitrogens with zero attached hydrogens (tertiary/aromatic N) is 1. The molecule has 1 aliphatic heterocycles. The standard InChI is InChI=1S/C12H16N2O4S/c15-12-14(9-10-18-12)8-4-7-13-19(16,17)11-5-2-1-3-6-11/h1-3,5-6,13H,4,7-10H2. The molecule has 1 N–H and O–H groups in total. The van der Waals surface area contributed by atoms with Crippen LogP contribution in [0.15, 0.2) is 35.2 Å². The molecule has 0 atom stereocenters. The lowest BCUT2D eigenvalue weighted by molar-refractivity contribution is 0.158. The first-order valence-electron chi connectivity index (χ1n) is 6.06. The summed E-state index contributed by atoms with van der Waals surface area (Å²) in [6, 6.07) is 8.20. The molecule has 2 rings (SSSR count). The third-order valence-electron chi connectivity index (χ3n) is 2.80. The summed E-state index contributed by atoms with van der Waals surface area (Å²) < 4.78 is 31.0. The van der Waals surface area contributed by atoms with Crippen molar-refractivity contribution in [3.8, 4) is 0 Å². The van der Waals surface area contributed by atoms with Crippen LogP contribution in [0.25, 0.3) is 0 Å². The first-order valence-corrected chi connectivity index (χ1v) is 7.54. The van der Waals surface area contributed by atoms with Crippen LogP contribution in [0.1, 0.15) is 6.42 Å². The minimum atomic E-state index is -3.45. The molecule has 104 valence electrons. The lowest BCUT2D eigenvalue weighted by atomic mass is 10.4. The molecule has 1 fully saturated rings. The normalized spacial score (nSPS) is 15.6. The van der Waals surface area contributed by atoms with Gasteiger partial charge in [0.2, 0.25) is 10.0 Å². The maximum Gasteiger partial charge on any atom is 0.409 e. The van der Waals surface area contributed by atoms with Gasteiger partial charge < -0.3 is 9.64 Å². The largest absolute Gasteiger partial charge is 0.448 e. The Bertz CT molecular complexity index is 530. The van der Waals surface area contributed by atoms with Crippen LogP contribution in [0.5, 0.6) is 0 Å². The SMILES string of the molecule is O=C1OCCN1CCCNS(=O)(=O)c1ccccc1. The summed E-state index contributed by atoms with van der Waals surface area (Å²) in [5.74, 6) is 0. The maximum atomic E-state index is 11.9. The number of cyclic esters (lactones) is 1. The Morgan fingerprint density at radius 1 is 1.26 bits per heavy atom. The Labute approximate surface area is 112 Å². The van der Waals surface area contributed by atoms with E-state index in [0.29, 0.717) is 32.7 Å². The molecular weight excluding hydrogens is 268 g/mol. The number of rotatable bonds is 6. The molecule has 0 saturated carbocycles. The summed E-state index contributed by atoms with van der Waals surface area (Å²) in [6.07, 6.45) is 0.229. The second-order valence-electron chi connectivity index (χ2n) is 4.17. The number of nitrogens with one attached hydrogen (secondary N) is 1. The lowest BCUT2D eigenvalue weighted by Gasteiger charge is -2.12. The number of carbonyl (C=O) groups is 1. The molecule has 1 heterocycles. The van der Waals surface area contributed by atoms with Crippen molar-refractivity contribution in [3.63, 3.8) is 0 Å². The van der Waals surface area contributed by atoms with Crippen molar-refractivity contribution in [2.45, 2.75) is 11.3 Å². The Balaban J connectivity index is 1.78. The smallest absolute Gasteiger partial charge is 0.409 e. The fourth-order valence-corrected chi connectivity index (χ4v) is 2.88. The quantitative estimate of drug-likeness (QED) is 0.784. The zero-order valence-electron chi connectivity index (χ0n) is 10.4. The van der Waals surface area contributed by atoms with E-state index in [1.165, 1.54) is 0 Å². The highest BCUT2D eigenvalue weighted by Crippen LogP contribution is 2.07. The van der Waals surface area contributed by atoms with Gasteiger partial charge in [-0.25, -0.2) is 17.9 Å². The number of benzene rings is 1. The van der Waals surface area contributed by atoms with Gasteiger partial charge in [-0.1, -0.05) is 18.2 Å². The monoisotopic (exact) mass is 284 g/mol. The van der Waals surface area contributed by atoms with Gasteiger partial charge in [0.05, 0.1) is 11.4 Å². The van der Waals surface area contributed by atoms with Gasteiger partial charge in [-0.05, 0) is 18.6 Å². The summed E-state index contributed by atoms with van der Waals surface area (Å²) in [7, 11) is -3.45. The lowest BCUT2D eigenvalue weighted by Crippen LogP contribution is -2.30. The van der Waals surface area contributed by atoms with Gasteiger partial charge in [-0.3, -0.25) is 0 Å². The Morgan fingerprint density at radius 2 is 2.00 bits per heavy atom. The van der Waals surface area contributed by atoms with E-state index in [4.69, 9.17) is 4.74 Å². The van der Waals surface area contributed by atoms with E-state index in [2.05, 4.69) is 4.72 Å². The van der Waals surface area contributed by atoms with E-state index in [-0.39, 0.29) is 11.0 Å². The number of carbonyl (C=O) groups excluding carboxylic acids is 1. The van der Waals surface area contributed by atoms with Crippen LogP contribution in [0.4, 0.5) is 4.79 Å². The highest BCUT2D eigenvalue weighted by atomic mass is 32.2. The third-order valence-corrected chi connectivity index (χ3v) is 4.27. The summed E-state index contributed by atoms with van der Waals surface area (Å²) >= 11 is 0. The predicted octanol–water partition coefficient (Wildman–Crippen LogP) is 0.807. The third kappa shape index (κ3) is 3.68. The average molecular weight is 284 g/mol. The minimum Gasteiger partial charge on any atom is -0.448 e. The Hall–Kier alpha value is -1.60. The zero-order chi connectivity index (χ0) is 13.7. The van der Waals surface area contributed by atoms with Gasteiger partial charge in [-0.15, -0.1) is 0 Å². The van der Waals surface area contributed by atoms with E-state index < -0.39 is 10.0 Å². The van der Waals surface area contributed by atoms with Gasteiger partial charge in [0, 0.05) is 13.1 Å². The number of amides is 1. The van der Waals surface area contributed by atoms with Crippen LogP contribution in [0.3, 0.4) is 0 Å². The highest BCUT2D eigenvalue weighted by Gasteiger charge is 2.21. The maximum absolute atomic E-state index is 11.9. The minimum absolute atomic E-state index is 0.246. The molecule has 6 nitrogen and oxygen atoms in total. The van der Waals surface area contributed by atoms with Crippen LogP contribution in [0.2, 0.25) is 0 Å². The van der Waals surface area contributed by atoms with Crippen LogP contribution >= 0.6 is 0 Å². The molecule has 0 bridgehead atoms. The molecular formula is C12H16N2O4S. The van der Waals surface area contributed by atoms with Crippen molar-refractivity contribution >= 4 is 16.1 Å². The fraction of sp³-hybridized carbons (Fsp3) is 0.417. The first kappa shape index (κ1) is 13.8. The Morgan fingerprint density at radius 3 is 2.63 bits per heavy atom. The first-order chi connectivity index (χ1) is 9.09. The van der Waals surface area contributed by atoms with Crippen molar-refractivity contribution in [2.24, 2.45) is 0 Å². The van der Waals surface area contributed by atoms with E-state index >= 15 is 0 Å². The molecule has 19 heavy (non-hydrogen) atoms. The average Bonchev–Trinajstić information content (AvgIpc) is 2.81. The molecule has 0 aromatic heterocycles. The van der Waals surface area contributed by atoms with Crippen LogP contribution in [0, 0.1) is 0 Å². The predicted molar refractivity (Wildman–Crippen MR) is 69.2 cm³/mol. The molecule has 7 heteroatoms. The molecule has 0 aliphatic carbocycles. The van der Waals surface area contributed by atoms with Gasteiger partial charge in [0.25, 0.3) is 0 Å². The van der Waals surface area contributed by atoms with Crippen molar-refractivity contribution in [2.75, 3.05) is 26.2 Å². The molecule has 1 amide bonds. The second kappa shape index (κ2) is 6.03. The molecule has 0 spiro atoms. The topological polar surface area (TPSA) is 75.7 Å². The summed E-state index contributed by atoms with van der Waals surface area (Å²) in [5, 5.41) is 0. The number of hydrogen-bond acceptors (Lipinski definition) is 4. The fourth-order valence-electron chi connectivity index (χ4n) is 1.79. The molecule has 0 radical (unpaired) electrons. The summed E-state index contributed by atoms with van der Waals surface area (Å²) in [4.78, 5) is 13.0. The van der Waals surface area contributed by atoms with Gasteiger partial charge in [0.1, 0.15) is 6.61 Å². The summed E-state index contributed by atoms with van der Waals surface area (Å²) in [5.41, 5.74) is 0. The van der Waals surface area contributed by atoms with Crippen molar-refractivity contribution in [1.82, 2.24) is 9.62 Å². The van der Waals surface area contributed by atoms with Gasteiger partial charge in [0.15, 0.2) is 0 Å². The molecule has 1 aromatic carbocycles. The molecule has 1 saturated heterocycles. The van der Waals surface area contributed by atoms with Crippen LogP contribution in [-0.4, -0.2) is 45.7 Å². The van der Waals surface area contributed by atoms with Crippen molar-refractivity contribution < 1.29 is 17.9 Å². The number of hydrogen-bond donors (Lipinski definition) is 1. The number of sulfonamides is 1. The van der Waals surface area contributed by atoms with Gasteiger partial charge >= 0.3 is 6.09 Å². The van der Waals surface area contributed by atoms with Crippen molar-refractivity contribution in [1.29, 1.82) is 0 Å².